The SMILES string of the molecule is Nc1c(NC2CCCCCC2)ncnc1N1CCN(Cc2ccccc2)CC1. The van der Waals surface area contributed by atoms with Crippen LogP contribution < -0.4 is 16.0 Å². The number of piperazine rings is 1. The van der Waals surface area contributed by atoms with E-state index in [1.807, 2.05) is 0 Å². The van der Waals surface area contributed by atoms with Crippen molar-refractivity contribution in [2.45, 2.75) is 51.1 Å². The van der Waals surface area contributed by atoms with Crippen molar-refractivity contribution in [1.29, 1.82) is 0 Å². The second-order valence-electron chi connectivity index (χ2n) is 8.04. The second-order valence-corrected chi connectivity index (χ2v) is 8.04. The van der Waals surface area contributed by atoms with Crippen LogP contribution in [0.1, 0.15) is 44.1 Å². The number of hydrogen-bond acceptors (Lipinski definition) is 6. The Morgan fingerprint density at radius 1 is 0.929 bits per heavy atom. The Hall–Kier alpha value is -2.34. The topological polar surface area (TPSA) is 70.3 Å². The van der Waals surface area contributed by atoms with Gasteiger partial charge in [0.15, 0.2) is 11.6 Å². The Labute approximate surface area is 168 Å². The Kier molecular flexibility index (Phi) is 6.27. The number of anilines is 3. The molecule has 0 spiro atoms. The van der Waals surface area contributed by atoms with E-state index in [0.717, 1.165) is 44.4 Å². The van der Waals surface area contributed by atoms with Crippen LogP contribution in [0.3, 0.4) is 0 Å². The molecule has 1 aromatic heterocycles. The summed E-state index contributed by atoms with van der Waals surface area (Å²) in [4.78, 5) is 13.8. The van der Waals surface area contributed by atoms with Crippen LogP contribution >= 0.6 is 0 Å². The Balaban J connectivity index is 1.37. The molecule has 1 saturated carbocycles. The van der Waals surface area contributed by atoms with Gasteiger partial charge in [-0.25, -0.2) is 9.97 Å². The zero-order valence-electron chi connectivity index (χ0n) is 16.7. The highest BCUT2D eigenvalue weighted by Gasteiger charge is 2.22. The minimum Gasteiger partial charge on any atom is -0.393 e. The molecule has 6 heteroatoms. The van der Waals surface area contributed by atoms with Crippen LogP contribution in [0.4, 0.5) is 17.3 Å². The van der Waals surface area contributed by atoms with Crippen LogP contribution in [0.2, 0.25) is 0 Å². The lowest BCUT2D eigenvalue weighted by molar-refractivity contribution is 0.249. The second kappa shape index (κ2) is 9.24. The van der Waals surface area contributed by atoms with E-state index >= 15 is 0 Å². The van der Waals surface area contributed by atoms with E-state index in [2.05, 4.69) is 55.4 Å². The molecule has 0 unspecified atom stereocenters. The quantitative estimate of drug-likeness (QED) is 0.774. The van der Waals surface area contributed by atoms with Crippen LogP contribution in [0.5, 0.6) is 0 Å². The summed E-state index contributed by atoms with van der Waals surface area (Å²) in [5, 5.41) is 3.60. The molecule has 2 aliphatic rings. The molecule has 2 aromatic rings. The summed E-state index contributed by atoms with van der Waals surface area (Å²) in [6.07, 6.45) is 9.33. The number of rotatable bonds is 5. The van der Waals surface area contributed by atoms with Gasteiger partial charge >= 0.3 is 0 Å². The van der Waals surface area contributed by atoms with Crippen molar-refractivity contribution in [3.63, 3.8) is 0 Å². The molecule has 1 aliphatic heterocycles. The summed E-state index contributed by atoms with van der Waals surface area (Å²) in [6, 6.07) is 11.2. The third-order valence-electron chi connectivity index (χ3n) is 5.98. The van der Waals surface area contributed by atoms with Crippen LogP contribution in [-0.2, 0) is 6.54 Å². The summed E-state index contributed by atoms with van der Waals surface area (Å²) in [7, 11) is 0. The highest BCUT2D eigenvalue weighted by Crippen LogP contribution is 2.29. The number of hydrogen-bond donors (Lipinski definition) is 2. The van der Waals surface area contributed by atoms with Gasteiger partial charge in [0.05, 0.1) is 0 Å². The van der Waals surface area contributed by atoms with Crippen molar-refractivity contribution in [2.24, 2.45) is 0 Å². The first kappa shape index (κ1) is 19.0. The highest BCUT2D eigenvalue weighted by molar-refractivity contribution is 5.75. The molecule has 1 aliphatic carbocycles. The van der Waals surface area contributed by atoms with Crippen molar-refractivity contribution in [3.05, 3.63) is 42.2 Å². The fourth-order valence-electron chi connectivity index (χ4n) is 4.33. The molecule has 6 nitrogen and oxygen atoms in total. The molecule has 3 N–H and O–H groups in total. The van der Waals surface area contributed by atoms with Crippen molar-refractivity contribution in [1.82, 2.24) is 14.9 Å². The van der Waals surface area contributed by atoms with E-state index in [4.69, 9.17) is 5.73 Å². The maximum Gasteiger partial charge on any atom is 0.157 e. The normalized spacial score (nSPS) is 19.4. The van der Waals surface area contributed by atoms with E-state index < -0.39 is 0 Å². The summed E-state index contributed by atoms with van der Waals surface area (Å²) in [5.41, 5.74) is 8.55. The molecule has 28 heavy (non-hydrogen) atoms. The first-order valence-electron chi connectivity index (χ1n) is 10.7. The summed E-state index contributed by atoms with van der Waals surface area (Å²) < 4.78 is 0. The molecule has 2 fully saturated rings. The third kappa shape index (κ3) is 4.73. The van der Waals surface area contributed by atoms with Gasteiger partial charge in [-0.2, -0.15) is 0 Å². The monoisotopic (exact) mass is 380 g/mol. The van der Waals surface area contributed by atoms with Gasteiger partial charge in [-0.05, 0) is 18.4 Å². The van der Waals surface area contributed by atoms with Crippen LogP contribution in [-0.4, -0.2) is 47.1 Å². The van der Waals surface area contributed by atoms with E-state index in [9.17, 15) is 0 Å². The maximum atomic E-state index is 6.49. The van der Waals surface area contributed by atoms with Gasteiger partial charge in [0.25, 0.3) is 0 Å². The fraction of sp³-hybridized carbons (Fsp3) is 0.545. The minimum atomic E-state index is 0.482. The van der Waals surface area contributed by atoms with E-state index in [1.54, 1.807) is 6.33 Å². The maximum absolute atomic E-state index is 6.49. The lowest BCUT2D eigenvalue weighted by atomic mass is 10.1. The molecule has 0 bridgehead atoms. The van der Waals surface area contributed by atoms with Crippen LogP contribution in [0, 0.1) is 0 Å². The van der Waals surface area contributed by atoms with Gasteiger partial charge in [-0.15, -0.1) is 0 Å². The van der Waals surface area contributed by atoms with Gasteiger partial charge in [-0.3, -0.25) is 4.90 Å². The summed E-state index contributed by atoms with van der Waals surface area (Å²) in [6.45, 7) is 4.92. The number of nitrogens with two attached hydrogens (primary N) is 1. The number of nitrogen functional groups attached to an aromatic ring is 1. The van der Waals surface area contributed by atoms with E-state index in [0.29, 0.717) is 11.7 Å². The lowest BCUT2D eigenvalue weighted by Crippen LogP contribution is -2.46. The largest absolute Gasteiger partial charge is 0.393 e. The molecule has 0 radical (unpaired) electrons. The van der Waals surface area contributed by atoms with E-state index in [-0.39, 0.29) is 0 Å². The Bertz CT molecular complexity index is 734. The fourth-order valence-corrected chi connectivity index (χ4v) is 4.33. The smallest absolute Gasteiger partial charge is 0.157 e. The number of nitrogens with one attached hydrogen (secondary N) is 1. The molecule has 1 saturated heterocycles. The lowest BCUT2D eigenvalue weighted by Gasteiger charge is -2.36. The third-order valence-corrected chi connectivity index (χ3v) is 5.98. The molecule has 0 amide bonds. The molecule has 1 aromatic carbocycles. The number of nitrogens with zero attached hydrogens (tertiary/aromatic N) is 4. The van der Waals surface area contributed by atoms with Crippen LogP contribution in [0.25, 0.3) is 0 Å². The Morgan fingerprint density at radius 3 is 2.36 bits per heavy atom. The molecule has 150 valence electrons. The first-order valence-corrected chi connectivity index (χ1v) is 10.7. The first-order chi connectivity index (χ1) is 13.8. The summed E-state index contributed by atoms with van der Waals surface area (Å²) >= 11 is 0. The van der Waals surface area contributed by atoms with Gasteiger partial charge in [0.2, 0.25) is 0 Å². The molecular formula is C22H32N6. The van der Waals surface area contributed by atoms with Crippen molar-refractivity contribution in [3.8, 4) is 0 Å². The average molecular weight is 381 g/mol. The van der Waals surface area contributed by atoms with E-state index in [1.165, 1.54) is 44.1 Å². The highest BCUT2D eigenvalue weighted by atomic mass is 15.3. The molecular weight excluding hydrogens is 348 g/mol. The predicted octanol–water partition coefficient (Wildman–Crippen LogP) is 3.52. The Morgan fingerprint density at radius 2 is 1.64 bits per heavy atom. The van der Waals surface area contributed by atoms with Gasteiger partial charge in [-0.1, -0.05) is 56.0 Å². The minimum absolute atomic E-state index is 0.482. The number of aromatic nitrogens is 2. The average Bonchev–Trinajstić information content (AvgIpc) is 3.00. The van der Waals surface area contributed by atoms with Gasteiger partial charge in [0, 0.05) is 38.8 Å². The van der Waals surface area contributed by atoms with Crippen molar-refractivity contribution in [2.75, 3.05) is 42.1 Å². The van der Waals surface area contributed by atoms with Gasteiger partial charge in [0.1, 0.15) is 12.0 Å². The molecule has 0 atom stereocenters. The zero-order valence-corrected chi connectivity index (χ0v) is 16.7. The van der Waals surface area contributed by atoms with Crippen molar-refractivity contribution < 1.29 is 0 Å². The molecule has 2 heterocycles. The number of benzene rings is 1. The standard InChI is InChI=1S/C22H32N6/c23-20-21(26-19-10-6-1-2-7-11-19)24-17-25-22(20)28-14-12-27(13-15-28)16-18-8-4-3-5-9-18/h3-5,8-9,17,19H,1-2,6-7,10-16,23H2,(H,24,25,26). The van der Waals surface area contributed by atoms with Gasteiger partial charge < -0.3 is 16.0 Å². The summed E-state index contributed by atoms with van der Waals surface area (Å²) in [5.74, 6) is 1.69. The van der Waals surface area contributed by atoms with Crippen molar-refractivity contribution >= 4 is 17.3 Å². The predicted molar refractivity (Wildman–Crippen MR) is 115 cm³/mol. The zero-order chi connectivity index (χ0) is 19.2. The van der Waals surface area contributed by atoms with Crippen LogP contribution in [0.15, 0.2) is 36.7 Å². The molecule has 4 rings (SSSR count).